The smallest absolute Gasteiger partial charge is 0.277 e. The summed E-state index contributed by atoms with van der Waals surface area (Å²) in [7, 11) is -3.05. The molecule has 0 radical (unpaired) electrons. The molecule has 104 valence electrons. The SMILES string of the molecule is O=C1NC(=O)C2(CC2)C(=O)N1C1CCS(=O)(=O)CC1. The molecule has 0 aromatic heterocycles. The summed E-state index contributed by atoms with van der Waals surface area (Å²) in [4.78, 5) is 36.8. The predicted molar refractivity (Wildman–Crippen MR) is 63.7 cm³/mol. The Bertz CT molecular complexity index is 564. The van der Waals surface area contributed by atoms with Crippen LogP contribution < -0.4 is 5.32 Å². The summed E-state index contributed by atoms with van der Waals surface area (Å²) in [5, 5.41) is 2.21. The number of nitrogens with one attached hydrogen (secondary N) is 1. The van der Waals surface area contributed by atoms with Crippen molar-refractivity contribution in [2.24, 2.45) is 5.41 Å². The lowest BCUT2D eigenvalue weighted by Gasteiger charge is -2.37. The molecule has 3 rings (SSSR count). The van der Waals surface area contributed by atoms with E-state index in [2.05, 4.69) is 5.32 Å². The van der Waals surface area contributed by atoms with Crippen molar-refractivity contribution >= 4 is 27.7 Å². The monoisotopic (exact) mass is 286 g/mol. The molecule has 3 fully saturated rings. The lowest BCUT2D eigenvalue weighted by atomic mass is 9.99. The van der Waals surface area contributed by atoms with Crippen molar-refractivity contribution in [2.75, 3.05) is 11.5 Å². The number of imide groups is 2. The van der Waals surface area contributed by atoms with Crippen LogP contribution in [0.25, 0.3) is 0 Å². The van der Waals surface area contributed by atoms with E-state index in [1.165, 1.54) is 0 Å². The third-order valence-electron chi connectivity index (χ3n) is 4.14. The molecule has 19 heavy (non-hydrogen) atoms. The third-order valence-corrected chi connectivity index (χ3v) is 5.86. The Kier molecular flexibility index (Phi) is 2.51. The zero-order chi connectivity index (χ0) is 13.8. The van der Waals surface area contributed by atoms with Crippen LogP contribution in [-0.4, -0.2) is 48.7 Å². The van der Waals surface area contributed by atoms with Gasteiger partial charge in [-0.15, -0.1) is 0 Å². The molecule has 2 saturated heterocycles. The van der Waals surface area contributed by atoms with Crippen molar-refractivity contribution in [3.8, 4) is 0 Å². The number of hydrogen-bond donors (Lipinski definition) is 1. The second-order valence-corrected chi connectivity index (χ2v) is 7.70. The van der Waals surface area contributed by atoms with Gasteiger partial charge in [-0.05, 0) is 25.7 Å². The second-order valence-electron chi connectivity index (χ2n) is 5.40. The van der Waals surface area contributed by atoms with Crippen molar-refractivity contribution in [3.05, 3.63) is 0 Å². The first kappa shape index (κ1) is 12.6. The van der Waals surface area contributed by atoms with Gasteiger partial charge in [0.25, 0.3) is 0 Å². The van der Waals surface area contributed by atoms with Gasteiger partial charge in [0.05, 0.1) is 11.5 Å². The molecule has 2 heterocycles. The van der Waals surface area contributed by atoms with Gasteiger partial charge in [0.2, 0.25) is 11.8 Å². The Morgan fingerprint density at radius 3 is 2.21 bits per heavy atom. The van der Waals surface area contributed by atoms with Gasteiger partial charge in [-0.3, -0.25) is 19.8 Å². The largest absolute Gasteiger partial charge is 0.331 e. The van der Waals surface area contributed by atoms with Crippen LogP contribution in [0.3, 0.4) is 0 Å². The molecule has 4 amide bonds. The maximum absolute atomic E-state index is 12.3. The molecule has 0 bridgehead atoms. The van der Waals surface area contributed by atoms with Crippen LogP contribution >= 0.6 is 0 Å². The molecule has 3 aliphatic rings. The molecule has 0 atom stereocenters. The molecule has 7 nitrogen and oxygen atoms in total. The van der Waals surface area contributed by atoms with Gasteiger partial charge in [-0.1, -0.05) is 0 Å². The molecule has 1 N–H and O–H groups in total. The summed E-state index contributed by atoms with van der Waals surface area (Å²) in [6, 6.07) is -1.13. The summed E-state index contributed by atoms with van der Waals surface area (Å²) in [6.45, 7) is 0. The van der Waals surface area contributed by atoms with Crippen molar-refractivity contribution in [1.82, 2.24) is 10.2 Å². The number of carbonyl (C=O) groups excluding carboxylic acids is 3. The maximum atomic E-state index is 12.3. The zero-order valence-electron chi connectivity index (χ0n) is 10.2. The first-order valence-electron chi connectivity index (χ1n) is 6.25. The van der Waals surface area contributed by atoms with Crippen LogP contribution in [0.15, 0.2) is 0 Å². The highest BCUT2D eigenvalue weighted by atomic mass is 32.2. The molecule has 2 aliphatic heterocycles. The number of sulfone groups is 1. The average molecular weight is 286 g/mol. The van der Waals surface area contributed by atoms with Crippen LogP contribution in [0.5, 0.6) is 0 Å². The second kappa shape index (κ2) is 3.78. The van der Waals surface area contributed by atoms with Gasteiger partial charge in [-0.2, -0.15) is 0 Å². The third kappa shape index (κ3) is 1.85. The number of carbonyl (C=O) groups is 3. The summed E-state index contributed by atoms with van der Waals surface area (Å²) in [5.74, 6) is -1.00. The molecule has 1 aliphatic carbocycles. The summed E-state index contributed by atoms with van der Waals surface area (Å²) >= 11 is 0. The number of urea groups is 1. The minimum atomic E-state index is -3.05. The summed E-state index contributed by atoms with van der Waals surface area (Å²) < 4.78 is 22.8. The Morgan fingerprint density at radius 1 is 1.11 bits per heavy atom. The van der Waals surface area contributed by atoms with Crippen LogP contribution in [0.2, 0.25) is 0 Å². The van der Waals surface area contributed by atoms with Crippen LogP contribution in [0.1, 0.15) is 25.7 Å². The molecule has 8 heteroatoms. The van der Waals surface area contributed by atoms with E-state index < -0.39 is 39.1 Å². The van der Waals surface area contributed by atoms with E-state index >= 15 is 0 Å². The molecule has 1 spiro atoms. The van der Waals surface area contributed by atoms with Gasteiger partial charge >= 0.3 is 6.03 Å². The van der Waals surface area contributed by atoms with Crippen molar-refractivity contribution < 1.29 is 22.8 Å². The molecule has 0 aromatic rings. The normalized spacial score (nSPS) is 29.5. The summed E-state index contributed by atoms with van der Waals surface area (Å²) in [6.07, 6.45) is 1.44. The Morgan fingerprint density at radius 2 is 1.68 bits per heavy atom. The number of rotatable bonds is 1. The van der Waals surface area contributed by atoms with E-state index in [4.69, 9.17) is 0 Å². The first-order chi connectivity index (χ1) is 8.86. The molecule has 0 aromatic carbocycles. The maximum Gasteiger partial charge on any atom is 0.331 e. The molecule has 0 unspecified atom stereocenters. The van der Waals surface area contributed by atoms with Gasteiger partial charge in [0.15, 0.2) is 0 Å². The highest BCUT2D eigenvalue weighted by molar-refractivity contribution is 7.91. The Hall–Kier alpha value is -1.44. The number of amides is 4. The highest BCUT2D eigenvalue weighted by Gasteiger charge is 2.63. The van der Waals surface area contributed by atoms with E-state index in [1.54, 1.807) is 0 Å². The minimum Gasteiger partial charge on any atom is -0.277 e. The van der Waals surface area contributed by atoms with Crippen molar-refractivity contribution in [2.45, 2.75) is 31.7 Å². The predicted octanol–water partition coefficient (Wildman–Crippen LogP) is -0.578. The van der Waals surface area contributed by atoms with Crippen molar-refractivity contribution in [3.63, 3.8) is 0 Å². The van der Waals surface area contributed by atoms with Crippen LogP contribution in [0, 0.1) is 5.41 Å². The van der Waals surface area contributed by atoms with Crippen LogP contribution in [-0.2, 0) is 19.4 Å². The Labute approximate surface area is 110 Å². The van der Waals surface area contributed by atoms with E-state index in [1.807, 2.05) is 0 Å². The number of hydrogen-bond acceptors (Lipinski definition) is 5. The molecule has 1 saturated carbocycles. The van der Waals surface area contributed by atoms with E-state index in [9.17, 15) is 22.8 Å². The van der Waals surface area contributed by atoms with E-state index in [-0.39, 0.29) is 24.3 Å². The Balaban J connectivity index is 1.82. The van der Waals surface area contributed by atoms with Gasteiger partial charge < -0.3 is 0 Å². The first-order valence-corrected chi connectivity index (χ1v) is 8.07. The number of nitrogens with zero attached hydrogens (tertiary/aromatic N) is 1. The molecular weight excluding hydrogens is 272 g/mol. The minimum absolute atomic E-state index is 0.0182. The van der Waals surface area contributed by atoms with Crippen molar-refractivity contribution in [1.29, 1.82) is 0 Å². The standard InChI is InChI=1S/C11H14N2O5S/c14-8-11(3-4-11)9(15)13(10(16)12-8)7-1-5-19(17,18)6-2-7/h7H,1-6H2,(H,12,14,16). The number of barbiturate groups is 1. The van der Waals surface area contributed by atoms with Crippen LogP contribution in [0.4, 0.5) is 4.79 Å². The summed E-state index contributed by atoms with van der Waals surface area (Å²) in [5.41, 5.74) is -1.05. The lowest BCUT2D eigenvalue weighted by molar-refractivity contribution is -0.146. The zero-order valence-corrected chi connectivity index (χ0v) is 11.0. The quantitative estimate of drug-likeness (QED) is 0.650. The fourth-order valence-electron chi connectivity index (χ4n) is 2.73. The lowest BCUT2D eigenvalue weighted by Crippen LogP contribution is -2.62. The van der Waals surface area contributed by atoms with Gasteiger partial charge in [-0.25, -0.2) is 13.2 Å². The fraction of sp³-hybridized carbons (Fsp3) is 0.727. The van der Waals surface area contributed by atoms with E-state index in [0.29, 0.717) is 12.8 Å². The fourth-order valence-corrected chi connectivity index (χ4v) is 4.20. The highest BCUT2D eigenvalue weighted by Crippen LogP contribution is 2.49. The van der Waals surface area contributed by atoms with E-state index in [0.717, 1.165) is 4.90 Å². The van der Waals surface area contributed by atoms with Gasteiger partial charge in [0.1, 0.15) is 15.3 Å². The average Bonchev–Trinajstić information content (AvgIpc) is 3.11. The topological polar surface area (TPSA) is 101 Å². The van der Waals surface area contributed by atoms with Gasteiger partial charge in [0, 0.05) is 6.04 Å². The molecular formula is C11H14N2O5S.